The van der Waals surface area contributed by atoms with Crippen LogP contribution >= 0.6 is 23.2 Å². The Balaban J connectivity index is 2.01. The summed E-state index contributed by atoms with van der Waals surface area (Å²) in [4.78, 5) is 4.61. The molecule has 0 saturated carbocycles. The van der Waals surface area contributed by atoms with E-state index in [9.17, 15) is 0 Å². The summed E-state index contributed by atoms with van der Waals surface area (Å²) in [7, 11) is 1.62. The number of aliphatic hydroxyl groups is 1. The summed E-state index contributed by atoms with van der Waals surface area (Å²) >= 11 is 12.2. The molecule has 0 amide bonds. The lowest BCUT2D eigenvalue weighted by Crippen LogP contribution is -2.46. The highest BCUT2D eigenvalue weighted by Gasteiger charge is 2.19. The van der Waals surface area contributed by atoms with Crippen LogP contribution in [-0.2, 0) is 6.54 Å². The van der Waals surface area contributed by atoms with E-state index in [1.165, 1.54) is 0 Å². The Morgan fingerprint density at radius 3 is 2.40 bits per heavy atom. The molecule has 1 aliphatic rings. The van der Waals surface area contributed by atoms with E-state index in [0.717, 1.165) is 44.8 Å². The number of β-amino-alcohol motifs (C(OH)–C–C–N with tert-alkyl or cyclic N) is 1. The predicted molar refractivity (Wildman–Crippen MR) is 81.8 cm³/mol. The molecule has 112 valence electrons. The molecule has 0 aromatic heterocycles. The number of ether oxygens (including phenoxy) is 1. The van der Waals surface area contributed by atoms with Gasteiger partial charge in [-0.1, -0.05) is 23.2 Å². The summed E-state index contributed by atoms with van der Waals surface area (Å²) in [6.07, 6.45) is 0. The van der Waals surface area contributed by atoms with Gasteiger partial charge in [0.25, 0.3) is 0 Å². The van der Waals surface area contributed by atoms with Crippen LogP contribution in [0.1, 0.15) is 5.56 Å². The van der Waals surface area contributed by atoms with E-state index in [1.54, 1.807) is 13.2 Å². The van der Waals surface area contributed by atoms with Crippen molar-refractivity contribution >= 4 is 23.2 Å². The standard InChI is InChI=1S/C14H20Cl2N2O2/c1-20-14-11(8-12(15)9-13(14)16)10-18-4-2-17(3-5-18)6-7-19/h8-9,19H,2-7,10H2,1H3. The van der Waals surface area contributed by atoms with Gasteiger partial charge >= 0.3 is 0 Å². The molecule has 0 unspecified atom stereocenters. The third kappa shape index (κ3) is 3.99. The van der Waals surface area contributed by atoms with E-state index >= 15 is 0 Å². The lowest BCUT2D eigenvalue weighted by molar-refractivity contribution is 0.108. The Hall–Kier alpha value is -0.520. The van der Waals surface area contributed by atoms with Gasteiger partial charge in [0.05, 0.1) is 18.7 Å². The first-order valence-electron chi connectivity index (χ1n) is 6.71. The number of hydrogen-bond acceptors (Lipinski definition) is 4. The fourth-order valence-electron chi connectivity index (χ4n) is 2.51. The minimum atomic E-state index is 0.220. The Morgan fingerprint density at radius 1 is 1.15 bits per heavy atom. The summed E-state index contributed by atoms with van der Waals surface area (Å²) in [5.41, 5.74) is 1.01. The number of piperazine rings is 1. The van der Waals surface area contributed by atoms with Crippen LogP contribution in [-0.4, -0.2) is 61.3 Å². The average Bonchev–Trinajstić information content (AvgIpc) is 2.41. The molecule has 1 saturated heterocycles. The molecular weight excluding hydrogens is 299 g/mol. The van der Waals surface area contributed by atoms with Crippen molar-refractivity contribution < 1.29 is 9.84 Å². The second kappa shape index (κ2) is 7.48. The predicted octanol–water partition coefficient (Wildman–Crippen LogP) is 2.11. The molecule has 2 rings (SSSR count). The molecule has 1 aliphatic heterocycles. The van der Waals surface area contributed by atoms with Crippen LogP contribution in [0.3, 0.4) is 0 Å². The zero-order valence-corrected chi connectivity index (χ0v) is 13.1. The largest absolute Gasteiger partial charge is 0.495 e. The molecule has 1 N–H and O–H groups in total. The van der Waals surface area contributed by atoms with Crippen molar-refractivity contribution in [1.82, 2.24) is 9.80 Å². The minimum Gasteiger partial charge on any atom is -0.495 e. The molecule has 4 nitrogen and oxygen atoms in total. The van der Waals surface area contributed by atoms with Gasteiger partial charge in [0.1, 0.15) is 5.75 Å². The number of aliphatic hydroxyl groups excluding tert-OH is 1. The van der Waals surface area contributed by atoms with Gasteiger partial charge in [0.15, 0.2) is 0 Å². The van der Waals surface area contributed by atoms with Gasteiger partial charge in [-0.25, -0.2) is 0 Å². The highest BCUT2D eigenvalue weighted by molar-refractivity contribution is 6.35. The zero-order chi connectivity index (χ0) is 14.5. The van der Waals surface area contributed by atoms with Gasteiger partial charge in [0, 0.05) is 49.9 Å². The molecule has 1 aromatic rings. The van der Waals surface area contributed by atoms with Crippen LogP contribution in [0.15, 0.2) is 12.1 Å². The molecule has 1 fully saturated rings. The van der Waals surface area contributed by atoms with Crippen molar-refractivity contribution in [2.75, 3.05) is 46.4 Å². The monoisotopic (exact) mass is 318 g/mol. The average molecular weight is 319 g/mol. The number of methoxy groups -OCH3 is 1. The normalized spacial score (nSPS) is 17.4. The van der Waals surface area contributed by atoms with E-state index in [-0.39, 0.29) is 6.61 Å². The van der Waals surface area contributed by atoms with Crippen LogP contribution in [0.4, 0.5) is 0 Å². The van der Waals surface area contributed by atoms with E-state index in [0.29, 0.717) is 15.8 Å². The van der Waals surface area contributed by atoms with Gasteiger partial charge in [-0.15, -0.1) is 0 Å². The summed E-state index contributed by atoms with van der Waals surface area (Å²) in [5.74, 6) is 0.703. The summed E-state index contributed by atoms with van der Waals surface area (Å²) in [6.45, 7) is 5.61. The van der Waals surface area contributed by atoms with Crippen molar-refractivity contribution in [3.05, 3.63) is 27.7 Å². The number of benzene rings is 1. The number of hydrogen-bond donors (Lipinski definition) is 1. The molecule has 6 heteroatoms. The molecule has 0 radical (unpaired) electrons. The quantitative estimate of drug-likeness (QED) is 0.902. The molecule has 0 spiro atoms. The Bertz CT molecular complexity index is 449. The van der Waals surface area contributed by atoms with E-state index in [1.807, 2.05) is 6.07 Å². The van der Waals surface area contributed by atoms with Gasteiger partial charge in [-0.05, 0) is 12.1 Å². The summed E-state index contributed by atoms with van der Waals surface area (Å²) < 4.78 is 5.37. The first kappa shape index (κ1) is 15.9. The molecule has 0 atom stereocenters. The number of rotatable bonds is 5. The van der Waals surface area contributed by atoms with Crippen molar-refractivity contribution in [2.45, 2.75) is 6.54 Å². The van der Waals surface area contributed by atoms with E-state index in [4.69, 9.17) is 33.0 Å². The lowest BCUT2D eigenvalue weighted by Gasteiger charge is -2.34. The Kier molecular flexibility index (Phi) is 5.93. The highest BCUT2D eigenvalue weighted by Crippen LogP contribution is 2.33. The van der Waals surface area contributed by atoms with E-state index in [2.05, 4.69) is 9.80 Å². The zero-order valence-electron chi connectivity index (χ0n) is 11.6. The Labute approximate surface area is 129 Å². The molecule has 20 heavy (non-hydrogen) atoms. The van der Waals surface area contributed by atoms with Gasteiger partial charge in [-0.3, -0.25) is 9.80 Å². The van der Waals surface area contributed by atoms with Crippen LogP contribution in [0, 0.1) is 0 Å². The third-order valence-electron chi connectivity index (χ3n) is 3.56. The maximum atomic E-state index is 8.95. The topological polar surface area (TPSA) is 35.9 Å². The summed E-state index contributed by atoms with van der Waals surface area (Å²) in [6, 6.07) is 3.61. The molecule has 0 aliphatic carbocycles. The SMILES string of the molecule is COc1c(Cl)cc(Cl)cc1CN1CCN(CCO)CC1. The molecule has 1 heterocycles. The molecule has 1 aromatic carbocycles. The molecular formula is C14H20Cl2N2O2. The van der Waals surface area contributed by atoms with Crippen LogP contribution in [0.5, 0.6) is 5.75 Å². The fourth-order valence-corrected chi connectivity index (χ4v) is 3.13. The van der Waals surface area contributed by atoms with Gasteiger partial charge < -0.3 is 9.84 Å². The fraction of sp³-hybridized carbons (Fsp3) is 0.571. The number of halogens is 2. The van der Waals surface area contributed by atoms with Gasteiger partial charge in [0.2, 0.25) is 0 Å². The second-order valence-corrected chi connectivity index (χ2v) is 5.77. The first-order chi connectivity index (χ1) is 9.63. The minimum absolute atomic E-state index is 0.220. The maximum Gasteiger partial charge on any atom is 0.142 e. The van der Waals surface area contributed by atoms with Crippen molar-refractivity contribution in [3.63, 3.8) is 0 Å². The van der Waals surface area contributed by atoms with Crippen LogP contribution < -0.4 is 4.74 Å². The smallest absolute Gasteiger partial charge is 0.142 e. The van der Waals surface area contributed by atoms with Crippen molar-refractivity contribution in [3.8, 4) is 5.75 Å². The highest BCUT2D eigenvalue weighted by atomic mass is 35.5. The van der Waals surface area contributed by atoms with Crippen molar-refractivity contribution in [2.24, 2.45) is 0 Å². The second-order valence-electron chi connectivity index (χ2n) is 4.92. The van der Waals surface area contributed by atoms with Crippen molar-refractivity contribution in [1.29, 1.82) is 0 Å². The van der Waals surface area contributed by atoms with Gasteiger partial charge in [-0.2, -0.15) is 0 Å². The van der Waals surface area contributed by atoms with Crippen LogP contribution in [0.2, 0.25) is 10.0 Å². The maximum absolute atomic E-state index is 8.95. The lowest BCUT2D eigenvalue weighted by atomic mass is 10.1. The third-order valence-corrected chi connectivity index (χ3v) is 4.06. The Morgan fingerprint density at radius 2 is 1.80 bits per heavy atom. The molecule has 0 bridgehead atoms. The number of nitrogens with zero attached hydrogens (tertiary/aromatic N) is 2. The van der Waals surface area contributed by atoms with E-state index < -0.39 is 0 Å². The summed E-state index contributed by atoms with van der Waals surface area (Å²) in [5, 5.41) is 10.1. The van der Waals surface area contributed by atoms with Crippen LogP contribution in [0.25, 0.3) is 0 Å². The first-order valence-corrected chi connectivity index (χ1v) is 7.47.